The predicted molar refractivity (Wildman–Crippen MR) is 118 cm³/mol. The first-order valence-electron chi connectivity index (χ1n) is 10.6. The van der Waals surface area contributed by atoms with E-state index in [1.807, 2.05) is 0 Å². The second kappa shape index (κ2) is 8.77. The molecule has 2 aliphatic heterocycles. The van der Waals surface area contributed by atoms with Gasteiger partial charge < -0.3 is 15.5 Å². The molecule has 1 saturated heterocycles. The second-order valence-electron chi connectivity index (χ2n) is 8.00. The standard InChI is InChI=1S/C21H24N6O5/c1-2-13-5-3-4-10-26(13)21-24-18-17(20(30)25-21)15(11-16(28)23-18)19(29)22-12-6-8-14(9-7-12)27(31)32/h6-9,13,15H,2-5,10-11H2,1H3,(H,22,29)(H2,23,24,25,28,30)/t13-,15-/m0/s1. The first-order chi connectivity index (χ1) is 15.4. The van der Waals surface area contributed by atoms with Crippen molar-refractivity contribution in [3.63, 3.8) is 0 Å². The fourth-order valence-electron chi connectivity index (χ4n) is 4.32. The molecule has 0 radical (unpaired) electrons. The largest absolute Gasteiger partial charge is 0.339 e. The maximum atomic E-state index is 13.0. The van der Waals surface area contributed by atoms with Crippen LogP contribution in [0.25, 0.3) is 0 Å². The van der Waals surface area contributed by atoms with Crippen molar-refractivity contribution in [3.05, 3.63) is 50.3 Å². The van der Waals surface area contributed by atoms with E-state index < -0.39 is 28.2 Å². The molecule has 2 aliphatic rings. The molecule has 2 amide bonds. The molecule has 0 aliphatic carbocycles. The van der Waals surface area contributed by atoms with E-state index in [9.17, 15) is 24.5 Å². The summed E-state index contributed by atoms with van der Waals surface area (Å²) in [5, 5.41) is 16.1. The number of carbonyl (C=O) groups excluding carboxylic acids is 2. The van der Waals surface area contributed by atoms with Crippen molar-refractivity contribution in [2.75, 3.05) is 22.1 Å². The molecule has 3 heterocycles. The minimum atomic E-state index is -1.03. The highest BCUT2D eigenvalue weighted by atomic mass is 16.6. The number of non-ortho nitro benzene ring substituents is 1. The van der Waals surface area contributed by atoms with E-state index in [0.29, 0.717) is 11.6 Å². The SMILES string of the molecule is CC[C@H]1CCCCN1c1nc2c(c(=O)[nH]1)[C@@H](C(=O)Nc1ccc([N+](=O)[O-])cc1)CC(=O)N2. The Bertz CT molecular complexity index is 1110. The summed E-state index contributed by atoms with van der Waals surface area (Å²) in [4.78, 5) is 57.8. The number of nitro groups is 1. The van der Waals surface area contributed by atoms with Crippen LogP contribution in [0.2, 0.25) is 0 Å². The molecule has 1 fully saturated rings. The van der Waals surface area contributed by atoms with Crippen LogP contribution in [0.1, 0.15) is 50.5 Å². The van der Waals surface area contributed by atoms with Crippen molar-refractivity contribution in [1.82, 2.24) is 9.97 Å². The molecule has 2 aromatic rings. The van der Waals surface area contributed by atoms with Crippen molar-refractivity contribution < 1.29 is 14.5 Å². The molecular formula is C21H24N6O5. The quantitative estimate of drug-likeness (QED) is 0.477. The number of benzene rings is 1. The molecule has 1 aromatic carbocycles. The Hall–Kier alpha value is -3.76. The zero-order valence-corrected chi connectivity index (χ0v) is 17.6. The molecule has 11 heteroatoms. The number of rotatable bonds is 5. The third-order valence-electron chi connectivity index (χ3n) is 5.97. The lowest BCUT2D eigenvalue weighted by Gasteiger charge is -2.36. The van der Waals surface area contributed by atoms with Gasteiger partial charge in [0.05, 0.1) is 16.4 Å². The highest BCUT2D eigenvalue weighted by molar-refractivity contribution is 6.04. The van der Waals surface area contributed by atoms with Crippen molar-refractivity contribution in [2.45, 2.75) is 51.0 Å². The van der Waals surface area contributed by atoms with Crippen molar-refractivity contribution in [2.24, 2.45) is 0 Å². The number of anilines is 3. The van der Waals surface area contributed by atoms with Gasteiger partial charge in [-0.3, -0.25) is 29.5 Å². The van der Waals surface area contributed by atoms with Gasteiger partial charge in [-0.1, -0.05) is 6.92 Å². The average Bonchev–Trinajstić information content (AvgIpc) is 2.78. The van der Waals surface area contributed by atoms with E-state index in [1.54, 1.807) is 0 Å². The number of amides is 2. The summed E-state index contributed by atoms with van der Waals surface area (Å²) in [6.45, 7) is 2.85. The van der Waals surface area contributed by atoms with E-state index in [-0.39, 0.29) is 29.5 Å². The Morgan fingerprint density at radius 1 is 1.28 bits per heavy atom. The van der Waals surface area contributed by atoms with Gasteiger partial charge in [-0.05, 0) is 37.8 Å². The van der Waals surface area contributed by atoms with Gasteiger partial charge in [0.15, 0.2) is 0 Å². The van der Waals surface area contributed by atoms with Gasteiger partial charge in [-0.15, -0.1) is 0 Å². The van der Waals surface area contributed by atoms with Crippen LogP contribution in [0.3, 0.4) is 0 Å². The van der Waals surface area contributed by atoms with Crippen molar-refractivity contribution in [1.29, 1.82) is 0 Å². The molecule has 2 atom stereocenters. The summed E-state index contributed by atoms with van der Waals surface area (Å²) in [6, 6.07) is 5.57. The van der Waals surface area contributed by atoms with Crippen molar-refractivity contribution >= 4 is 35.0 Å². The minimum Gasteiger partial charge on any atom is -0.339 e. The fourth-order valence-corrected chi connectivity index (χ4v) is 4.32. The number of aromatic nitrogens is 2. The molecule has 0 saturated carbocycles. The van der Waals surface area contributed by atoms with E-state index in [1.165, 1.54) is 24.3 Å². The molecule has 11 nitrogen and oxygen atoms in total. The number of hydrogen-bond acceptors (Lipinski definition) is 7. The van der Waals surface area contributed by atoms with Gasteiger partial charge in [0.2, 0.25) is 17.8 Å². The molecule has 4 rings (SSSR count). The van der Waals surface area contributed by atoms with Crippen LogP contribution in [0, 0.1) is 10.1 Å². The predicted octanol–water partition coefficient (Wildman–Crippen LogP) is 2.51. The maximum Gasteiger partial charge on any atom is 0.269 e. The fraction of sp³-hybridized carbons (Fsp3) is 0.429. The Balaban J connectivity index is 1.62. The number of piperidine rings is 1. The smallest absolute Gasteiger partial charge is 0.269 e. The highest BCUT2D eigenvalue weighted by Crippen LogP contribution is 2.32. The Kier molecular flexibility index (Phi) is 5.89. The van der Waals surface area contributed by atoms with Crippen LogP contribution in [0.15, 0.2) is 29.1 Å². The highest BCUT2D eigenvalue weighted by Gasteiger charge is 2.35. The zero-order chi connectivity index (χ0) is 22.8. The third kappa shape index (κ3) is 4.18. The molecule has 0 bridgehead atoms. The summed E-state index contributed by atoms with van der Waals surface area (Å²) in [7, 11) is 0. The van der Waals surface area contributed by atoms with Crippen LogP contribution < -0.4 is 21.1 Å². The summed E-state index contributed by atoms with van der Waals surface area (Å²) in [5.74, 6) is -1.49. The van der Waals surface area contributed by atoms with E-state index in [2.05, 4.69) is 32.4 Å². The van der Waals surface area contributed by atoms with Gasteiger partial charge in [0.1, 0.15) is 5.82 Å². The van der Waals surface area contributed by atoms with Gasteiger partial charge in [-0.25, -0.2) is 0 Å². The molecule has 168 valence electrons. The number of nitrogens with zero attached hydrogens (tertiary/aromatic N) is 3. The van der Waals surface area contributed by atoms with Crippen molar-refractivity contribution in [3.8, 4) is 0 Å². The van der Waals surface area contributed by atoms with E-state index in [0.717, 1.165) is 32.2 Å². The summed E-state index contributed by atoms with van der Waals surface area (Å²) in [5.41, 5.74) is -0.137. The molecule has 1 aromatic heterocycles. The lowest BCUT2D eigenvalue weighted by Crippen LogP contribution is -2.43. The number of carbonyl (C=O) groups is 2. The number of aromatic amines is 1. The topological polar surface area (TPSA) is 150 Å². The number of fused-ring (bicyclic) bond motifs is 1. The van der Waals surface area contributed by atoms with Crippen LogP contribution in [0.5, 0.6) is 0 Å². The maximum absolute atomic E-state index is 13.0. The molecular weight excluding hydrogens is 416 g/mol. The normalized spacial score (nSPS) is 20.3. The van der Waals surface area contributed by atoms with Gasteiger partial charge in [0, 0.05) is 36.8 Å². The molecule has 0 spiro atoms. The average molecular weight is 440 g/mol. The van der Waals surface area contributed by atoms with Crippen LogP contribution in [-0.4, -0.2) is 39.3 Å². The molecule has 0 unspecified atom stereocenters. The van der Waals surface area contributed by atoms with Gasteiger partial charge in [-0.2, -0.15) is 4.98 Å². The van der Waals surface area contributed by atoms with E-state index >= 15 is 0 Å². The number of nitrogens with one attached hydrogen (secondary N) is 3. The minimum absolute atomic E-state index is 0.101. The third-order valence-corrected chi connectivity index (χ3v) is 5.97. The molecule has 3 N–H and O–H groups in total. The summed E-state index contributed by atoms with van der Waals surface area (Å²) in [6.07, 6.45) is 3.82. The Morgan fingerprint density at radius 3 is 2.72 bits per heavy atom. The zero-order valence-electron chi connectivity index (χ0n) is 17.6. The van der Waals surface area contributed by atoms with E-state index in [4.69, 9.17) is 0 Å². The number of hydrogen-bond donors (Lipinski definition) is 3. The van der Waals surface area contributed by atoms with Crippen LogP contribution in [0.4, 0.5) is 23.1 Å². The van der Waals surface area contributed by atoms with Gasteiger partial charge in [0.25, 0.3) is 11.2 Å². The summed E-state index contributed by atoms with van der Waals surface area (Å²) >= 11 is 0. The first kappa shape index (κ1) is 21.5. The van der Waals surface area contributed by atoms with Crippen LogP contribution in [-0.2, 0) is 9.59 Å². The Morgan fingerprint density at radius 2 is 2.03 bits per heavy atom. The second-order valence-corrected chi connectivity index (χ2v) is 8.00. The lowest BCUT2D eigenvalue weighted by atomic mass is 9.92. The van der Waals surface area contributed by atoms with Crippen LogP contribution >= 0.6 is 0 Å². The first-order valence-corrected chi connectivity index (χ1v) is 10.6. The number of nitro benzene ring substituents is 1. The molecule has 32 heavy (non-hydrogen) atoms. The Labute approximate surface area is 183 Å². The monoisotopic (exact) mass is 440 g/mol. The summed E-state index contributed by atoms with van der Waals surface area (Å²) < 4.78 is 0. The van der Waals surface area contributed by atoms with Gasteiger partial charge >= 0.3 is 0 Å². The number of H-pyrrole nitrogens is 1. The lowest BCUT2D eigenvalue weighted by molar-refractivity contribution is -0.384.